The Morgan fingerprint density at radius 2 is 1.85 bits per heavy atom. The van der Waals surface area contributed by atoms with Gasteiger partial charge in [0.2, 0.25) is 5.91 Å². The fraction of sp³-hybridized carbons (Fsp3) is 0.545. The van der Waals surface area contributed by atoms with Gasteiger partial charge in [0.25, 0.3) is 5.91 Å². The van der Waals surface area contributed by atoms with Gasteiger partial charge in [0.05, 0.1) is 17.2 Å². The van der Waals surface area contributed by atoms with Crippen molar-refractivity contribution in [1.29, 1.82) is 0 Å². The number of rotatable bonds is 4. The highest BCUT2D eigenvalue weighted by atomic mass is 16.2. The lowest BCUT2D eigenvalue weighted by molar-refractivity contribution is -0.118. The van der Waals surface area contributed by atoms with E-state index in [9.17, 15) is 9.59 Å². The van der Waals surface area contributed by atoms with E-state index in [0.717, 1.165) is 31.5 Å². The van der Waals surface area contributed by atoms with Crippen molar-refractivity contribution in [1.82, 2.24) is 4.90 Å². The van der Waals surface area contributed by atoms with E-state index in [2.05, 4.69) is 39.1 Å². The van der Waals surface area contributed by atoms with Gasteiger partial charge in [-0.05, 0) is 56.6 Å². The van der Waals surface area contributed by atoms with Crippen molar-refractivity contribution in [2.45, 2.75) is 47.5 Å². The van der Waals surface area contributed by atoms with E-state index in [4.69, 9.17) is 0 Å². The molecule has 2 atom stereocenters. The van der Waals surface area contributed by atoms with E-state index in [-0.39, 0.29) is 29.1 Å². The van der Waals surface area contributed by atoms with Gasteiger partial charge in [0, 0.05) is 13.1 Å². The predicted molar refractivity (Wildman–Crippen MR) is 105 cm³/mol. The molecule has 4 heteroatoms. The highest BCUT2D eigenvalue weighted by molar-refractivity contribution is 6.06. The second-order valence-corrected chi connectivity index (χ2v) is 8.55. The summed E-state index contributed by atoms with van der Waals surface area (Å²) in [4.78, 5) is 27.8. The second-order valence-electron chi connectivity index (χ2n) is 8.55. The third-order valence-corrected chi connectivity index (χ3v) is 5.84. The molecule has 3 rings (SSSR count). The van der Waals surface area contributed by atoms with E-state index in [1.165, 1.54) is 5.57 Å². The lowest BCUT2D eigenvalue weighted by Gasteiger charge is -2.20. The molecule has 0 spiro atoms. The van der Waals surface area contributed by atoms with Crippen LogP contribution >= 0.6 is 0 Å². The van der Waals surface area contributed by atoms with Crippen molar-refractivity contribution in [3.63, 3.8) is 0 Å². The molecular formula is C22H30N2O2. The molecule has 1 aromatic carbocycles. The van der Waals surface area contributed by atoms with Gasteiger partial charge in [0.1, 0.15) is 0 Å². The summed E-state index contributed by atoms with van der Waals surface area (Å²) >= 11 is 0. The van der Waals surface area contributed by atoms with Gasteiger partial charge >= 0.3 is 0 Å². The molecule has 0 aromatic heterocycles. The Bertz CT molecular complexity index is 753. The largest absolute Gasteiger partial charge is 0.339 e. The van der Waals surface area contributed by atoms with Crippen molar-refractivity contribution in [3.8, 4) is 0 Å². The summed E-state index contributed by atoms with van der Waals surface area (Å²) in [7, 11) is 0. The summed E-state index contributed by atoms with van der Waals surface area (Å²) in [6.07, 6.45) is 4.30. The van der Waals surface area contributed by atoms with E-state index in [0.29, 0.717) is 11.3 Å². The Balaban J connectivity index is 1.82. The van der Waals surface area contributed by atoms with Crippen molar-refractivity contribution in [3.05, 3.63) is 41.0 Å². The summed E-state index contributed by atoms with van der Waals surface area (Å²) in [6, 6.07) is 5.68. The maximum absolute atomic E-state index is 13.0. The van der Waals surface area contributed by atoms with Gasteiger partial charge in [-0.15, -0.1) is 0 Å². The number of benzene rings is 1. The summed E-state index contributed by atoms with van der Waals surface area (Å²) in [5, 5.41) is 3.06. The minimum atomic E-state index is -0.0485. The van der Waals surface area contributed by atoms with Gasteiger partial charge in [-0.3, -0.25) is 9.59 Å². The molecule has 0 bridgehead atoms. The third-order valence-electron chi connectivity index (χ3n) is 5.84. The van der Waals surface area contributed by atoms with E-state index in [1.807, 2.05) is 30.0 Å². The molecule has 1 saturated heterocycles. The minimum Gasteiger partial charge on any atom is -0.339 e. The Hall–Kier alpha value is -2.10. The summed E-state index contributed by atoms with van der Waals surface area (Å²) < 4.78 is 0. The molecule has 4 nitrogen and oxygen atoms in total. The number of amides is 2. The Morgan fingerprint density at radius 3 is 2.46 bits per heavy atom. The van der Waals surface area contributed by atoms with Crippen LogP contribution in [0.4, 0.5) is 5.69 Å². The first kappa shape index (κ1) is 18.7. The molecule has 2 amide bonds. The minimum absolute atomic E-state index is 0.0126. The molecule has 1 aliphatic heterocycles. The van der Waals surface area contributed by atoms with Crippen LogP contribution in [0.15, 0.2) is 29.8 Å². The van der Waals surface area contributed by atoms with Crippen LogP contribution < -0.4 is 5.32 Å². The molecule has 140 valence electrons. The molecule has 1 heterocycles. The number of likely N-dealkylation sites (tertiary alicyclic amines) is 1. The van der Waals surface area contributed by atoms with Crippen molar-refractivity contribution >= 4 is 17.5 Å². The number of carbonyl (C=O) groups excluding carboxylic acids is 2. The van der Waals surface area contributed by atoms with Gasteiger partial charge in [-0.25, -0.2) is 0 Å². The fourth-order valence-electron chi connectivity index (χ4n) is 4.19. The molecule has 0 radical (unpaired) electrons. The third kappa shape index (κ3) is 3.42. The number of anilines is 1. The maximum Gasteiger partial charge on any atom is 0.256 e. The molecule has 0 unspecified atom stereocenters. The normalized spacial score (nSPS) is 23.5. The molecule has 2 aliphatic rings. The number of aryl methyl sites for hydroxylation is 1. The Morgan fingerprint density at radius 1 is 1.19 bits per heavy atom. The molecule has 1 N–H and O–H groups in total. The zero-order chi connectivity index (χ0) is 19.1. The van der Waals surface area contributed by atoms with Crippen LogP contribution in [-0.4, -0.2) is 29.8 Å². The van der Waals surface area contributed by atoms with Crippen LogP contribution in [0.25, 0.3) is 0 Å². The fourth-order valence-corrected chi connectivity index (χ4v) is 4.19. The quantitative estimate of drug-likeness (QED) is 0.814. The van der Waals surface area contributed by atoms with Gasteiger partial charge in [-0.2, -0.15) is 0 Å². The average Bonchev–Trinajstić information content (AvgIpc) is 2.93. The molecular weight excluding hydrogens is 324 g/mol. The van der Waals surface area contributed by atoms with E-state index < -0.39 is 0 Å². The number of nitrogens with zero attached hydrogens (tertiary/aromatic N) is 1. The van der Waals surface area contributed by atoms with Gasteiger partial charge in [0.15, 0.2) is 0 Å². The van der Waals surface area contributed by atoms with Crippen LogP contribution in [-0.2, 0) is 4.79 Å². The van der Waals surface area contributed by atoms with Crippen LogP contribution in [0.2, 0.25) is 0 Å². The van der Waals surface area contributed by atoms with Gasteiger partial charge in [-0.1, -0.05) is 37.6 Å². The molecule has 1 saturated carbocycles. The second kappa shape index (κ2) is 6.90. The SMILES string of the molecule is CC(C)=C[C@@H]1[C@@H](C(=O)Nc2cccc(C)c2C(=O)N2CCCC2)C1(C)C. The zero-order valence-corrected chi connectivity index (χ0v) is 16.6. The first-order valence-electron chi connectivity index (χ1n) is 9.58. The lowest BCUT2D eigenvalue weighted by Crippen LogP contribution is -2.30. The average molecular weight is 354 g/mol. The topological polar surface area (TPSA) is 49.4 Å². The van der Waals surface area contributed by atoms with Crippen molar-refractivity contribution in [2.24, 2.45) is 17.3 Å². The first-order chi connectivity index (χ1) is 12.2. The number of allylic oxidation sites excluding steroid dienone is 2. The molecule has 1 aromatic rings. The summed E-state index contributed by atoms with van der Waals surface area (Å²) in [6.45, 7) is 11.9. The van der Waals surface area contributed by atoms with Crippen molar-refractivity contribution < 1.29 is 9.59 Å². The van der Waals surface area contributed by atoms with Gasteiger partial charge < -0.3 is 10.2 Å². The van der Waals surface area contributed by atoms with E-state index >= 15 is 0 Å². The summed E-state index contributed by atoms with van der Waals surface area (Å²) in [5.41, 5.74) is 3.39. The monoisotopic (exact) mass is 354 g/mol. The maximum atomic E-state index is 13.0. The van der Waals surface area contributed by atoms with E-state index in [1.54, 1.807) is 0 Å². The molecule has 26 heavy (non-hydrogen) atoms. The van der Waals surface area contributed by atoms with Crippen molar-refractivity contribution in [2.75, 3.05) is 18.4 Å². The lowest BCUT2D eigenvalue weighted by atomic mass is 10.0. The highest BCUT2D eigenvalue weighted by Gasteiger charge is 2.60. The zero-order valence-electron chi connectivity index (χ0n) is 16.6. The smallest absolute Gasteiger partial charge is 0.256 e. The predicted octanol–water partition coefficient (Wildman–Crippen LogP) is 4.41. The van der Waals surface area contributed by atoms with Crippen LogP contribution in [0, 0.1) is 24.2 Å². The standard InChI is InChI=1S/C22H30N2O2/c1-14(2)13-16-19(22(16,4)5)20(25)23-17-10-8-9-15(3)18(17)21(26)24-11-6-7-12-24/h8-10,13,16,19H,6-7,11-12H2,1-5H3,(H,23,25)/t16-,19+/m1/s1. The Kier molecular flexibility index (Phi) is 4.96. The molecule has 2 fully saturated rings. The number of hydrogen-bond acceptors (Lipinski definition) is 2. The number of hydrogen-bond donors (Lipinski definition) is 1. The Labute approximate surface area is 156 Å². The molecule has 1 aliphatic carbocycles. The van der Waals surface area contributed by atoms with Crippen LogP contribution in [0.5, 0.6) is 0 Å². The number of carbonyl (C=O) groups is 2. The summed E-state index contributed by atoms with van der Waals surface area (Å²) in [5.74, 6) is 0.257. The number of nitrogens with one attached hydrogen (secondary N) is 1. The first-order valence-corrected chi connectivity index (χ1v) is 9.58. The highest BCUT2D eigenvalue weighted by Crippen LogP contribution is 2.59. The van der Waals surface area contributed by atoms with Crippen LogP contribution in [0.1, 0.15) is 56.5 Å². The van der Waals surface area contributed by atoms with Crippen LogP contribution in [0.3, 0.4) is 0 Å².